The van der Waals surface area contributed by atoms with Crippen LogP contribution in [0, 0.1) is 0 Å². The zero-order chi connectivity index (χ0) is 15.5. The number of rotatable bonds is 4. The first-order chi connectivity index (χ1) is 10.6. The molecular weight excluding hydrogens is 330 g/mol. The van der Waals surface area contributed by atoms with Crippen molar-refractivity contribution in [3.05, 3.63) is 46.1 Å². The molecule has 1 aliphatic heterocycles. The standard InChI is InChI=1S/C13H8ClN3O4S/c14-12-15-7(4-9-11(18)17-13(19)22-9)5-10(16-12)21-6-8-2-1-3-20-8/h1-5H,6H2,(H,17,18,19)/b9-4+. The van der Waals surface area contributed by atoms with Crippen molar-refractivity contribution in [2.45, 2.75) is 6.61 Å². The summed E-state index contributed by atoms with van der Waals surface area (Å²) in [6, 6.07) is 5.02. The lowest BCUT2D eigenvalue weighted by atomic mass is 10.3. The molecule has 0 bridgehead atoms. The molecule has 0 radical (unpaired) electrons. The Kier molecular flexibility index (Phi) is 4.12. The number of nitrogens with zero attached hydrogens (tertiary/aromatic N) is 2. The molecule has 0 aliphatic carbocycles. The molecule has 7 nitrogen and oxygen atoms in total. The Morgan fingerprint density at radius 1 is 1.41 bits per heavy atom. The summed E-state index contributed by atoms with van der Waals surface area (Å²) in [6.45, 7) is 0.185. The molecule has 0 spiro atoms. The third-order valence-corrected chi connectivity index (χ3v) is 3.54. The van der Waals surface area contributed by atoms with E-state index >= 15 is 0 Å². The summed E-state index contributed by atoms with van der Waals surface area (Å²) in [7, 11) is 0. The minimum Gasteiger partial charge on any atom is -0.469 e. The lowest BCUT2D eigenvalue weighted by Gasteiger charge is -2.04. The van der Waals surface area contributed by atoms with Crippen molar-refractivity contribution in [2.24, 2.45) is 0 Å². The maximum Gasteiger partial charge on any atom is 0.290 e. The summed E-state index contributed by atoms with van der Waals surface area (Å²) >= 11 is 6.63. The fraction of sp³-hybridized carbons (Fsp3) is 0.0769. The van der Waals surface area contributed by atoms with Crippen LogP contribution in [0.3, 0.4) is 0 Å². The van der Waals surface area contributed by atoms with Gasteiger partial charge in [-0.1, -0.05) is 0 Å². The number of furan rings is 1. The fourth-order valence-electron chi connectivity index (χ4n) is 1.66. The molecule has 2 aromatic rings. The molecule has 1 N–H and O–H groups in total. The van der Waals surface area contributed by atoms with E-state index in [-0.39, 0.29) is 22.7 Å². The van der Waals surface area contributed by atoms with Gasteiger partial charge in [0.25, 0.3) is 11.1 Å². The average molecular weight is 338 g/mol. The van der Waals surface area contributed by atoms with Gasteiger partial charge in [-0.25, -0.2) is 4.98 Å². The maximum absolute atomic E-state index is 11.5. The van der Waals surface area contributed by atoms with Crippen LogP contribution in [0.15, 0.2) is 33.8 Å². The van der Waals surface area contributed by atoms with E-state index in [2.05, 4.69) is 15.3 Å². The lowest BCUT2D eigenvalue weighted by Crippen LogP contribution is -2.17. The Bertz CT molecular complexity index is 761. The zero-order valence-electron chi connectivity index (χ0n) is 10.9. The van der Waals surface area contributed by atoms with Crippen LogP contribution in [0.25, 0.3) is 6.08 Å². The van der Waals surface area contributed by atoms with Crippen LogP contribution in [0.2, 0.25) is 5.28 Å². The molecule has 3 heterocycles. The minimum atomic E-state index is -0.470. The van der Waals surface area contributed by atoms with Crippen molar-refractivity contribution in [3.63, 3.8) is 0 Å². The first-order valence-electron chi connectivity index (χ1n) is 6.05. The van der Waals surface area contributed by atoms with E-state index in [1.54, 1.807) is 12.1 Å². The highest BCUT2D eigenvalue weighted by Gasteiger charge is 2.25. The summed E-state index contributed by atoms with van der Waals surface area (Å²) in [5.74, 6) is 0.395. The number of hydrogen-bond acceptors (Lipinski definition) is 7. The van der Waals surface area contributed by atoms with Crippen LogP contribution in [0.4, 0.5) is 4.79 Å². The summed E-state index contributed by atoms with van der Waals surface area (Å²) < 4.78 is 10.6. The van der Waals surface area contributed by atoms with Crippen LogP contribution in [-0.4, -0.2) is 21.1 Å². The highest BCUT2D eigenvalue weighted by atomic mass is 35.5. The van der Waals surface area contributed by atoms with Gasteiger partial charge in [-0.15, -0.1) is 0 Å². The Morgan fingerprint density at radius 2 is 2.27 bits per heavy atom. The second-order valence-electron chi connectivity index (χ2n) is 4.12. The molecule has 112 valence electrons. The molecule has 22 heavy (non-hydrogen) atoms. The molecule has 9 heteroatoms. The van der Waals surface area contributed by atoms with Gasteiger partial charge in [0.05, 0.1) is 16.9 Å². The van der Waals surface area contributed by atoms with E-state index in [0.717, 1.165) is 11.8 Å². The van der Waals surface area contributed by atoms with Gasteiger partial charge in [-0.3, -0.25) is 14.9 Å². The quantitative estimate of drug-likeness (QED) is 0.676. The Morgan fingerprint density at radius 3 is 2.95 bits per heavy atom. The SMILES string of the molecule is O=C1NC(=O)/C(=C\c2cc(OCc3ccco3)nc(Cl)n2)S1. The largest absolute Gasteiger partial charge is 0.469 e. The number of carbonyl (C=O) groups excluding carboxylic acids is 2. The van der Waals surface area contributed by atoms with Crippen molar-refractivity contribution in [1.82, 2.24) is 15.3 Å². The van der Waals surface area contributed by atoms with Crippen molar-refractivity contribution < 1.29 is 18.7 Å². The average Bonchev–Trinajstić information content (AvgIpc) is 3.06. The molecule has 2 aromatic heterocycles. The number of hydrogen-bond donors (Lipinski definition) is 1. The van der Waals surface area contributed by atoms with Gasteiger partial charge in [0, 0.05) is 6.07 Å². The Balaban J connectivity index is 1.79. The highest BCUT2D eigenvalue weighted by Crippen LogP contribution is 2.26. The Labute approximate surface area is 133 Å². The van der Waals surface area contributed by atoms with Crippen LogP contribution in [0.1, 0.15) is 11.5 Å². The van der Waals surface area contributed by atoms with Crippen molar-refractivity contribution in [2.75, 3.05) is 0 Å². The highest BCUT2D eigenvalue weighted by molar-refractivity contribution is 8.18. The van der Waals surface area contributed by atoms with Gasteiger partial charge >= 0.3 is 0 Å². The van der Waals surface area contributed by atoms with Gasteiger partial charge in [-0.05, 0) is 41.6 Å². The number of aromatic nitrogens is 2. The first-order valence-corrected chi connectivity index (χ1v) is 7.24. The normalized spacial score (nSPS) is 16.1. The van der Waals surface area contributed by atoms with Crippen LogP contribution < -0.4 is 10.1 Å². The molecule has 0 aromatic carbocycles. The van der Waals surface area contributed by atoms with E-state index < -0.39 is 11.1 Å². The molecule has 1 fully saturated rings. The number of halogens is 1. The van der Waals surface area contributed by atoms with Crippen LogP contribution >= 0.6 is 23.4 Å². The van der Waals surface area contributed by atoms with Gasteiger partial charge in [-0.2, -0.15) is 4.98 Å². The van der Waals surface area contributed by atoms with Crippen molar-refractivity contribution in [1.29, 1.82) is 0 Å². The summed E-state index contributed by atoms with van der Waals surface area (Å²) in [6.07, 6.45) is 2.98. The van der Waals surface area contributed by atoms with E-state index in [1.807, 2.05) is 0 Å². The first kappa shape index (κ1) is 14.6. The van der Waals surface area contributed by atoms with E-state index in [0.29, 0.717) is 11.5 Å². The van der Waals surface area contributed by atoms with Gasteiger partial charge in [0.1, 0.15) is 12.4 Å². The summed E-state index contributed by atoms with van der Waals surface area (Å²) in [5, 5.41) is 1.70. The predicted molar refractivity (Wildman–Crippen MR) is 79.2 cm³/mol. The monoisotopic (exact) mass is 337 g/mol. The van der Waals surface area contributed by atoms with Crippen LogP contribution in [0.5, 0.6) is 5.88 Å². The fourth-order valence-corrected chi connectivity index (χ4v) is 2.50. The molecule has 3 rings (SSSR count). The van der Waals surface area contributed by atoms with Gasteiger partial charge in [0.2, 0.25) is 11.2 Å². The molecule has 2 amide bonds. The van der Waals surface area contributed by atoms with Gasteiger partial charge in [0.15, 0.2) is 0 Å². The zero-order valence-corrected chi connectivity index (χ0v) is 12.5. The number of thioether (sulfide) groups is 1. The third kappa shape index (κ3) is 3.46. The predicted octanol–water partition coefficient (Wildman–Crippen LogP) is 2.63. The van der Waals surface area contributed by atoms with Crippen molar-refractivity contribution >= 4 is 40.6 Å². The molecular formula is C13H8ClN3O4S. The topological polar surface area (TPSA) is 94.3 Å². The second kappa shape index (κ2) is 6.20. The third-order valence-electron chi connectivity index (χ3n) is 2.56. The summed E-state index contributed by atoms with van der Waals surface area (Å²) in [5.41, 5.74) is 0.363. The molecule has 1 aliphatic rings. The smallest absolute Gasteiger partial charge is 0.290 e. The van der Waals surface area contributed by atoms with E-state index in [9.17, 15) is 9.59 Å². The van der Waals surface area contributed by atoms with Crippen LogP contribution in [-0.2, 0) is 11.4 Å². The molecule has 0 atom stereocenters. The number of amides is 2. The summed E-state index contributed by atoms with van der Waals surface area (Å²) in [4.78, 5) is 30.8. The van der Waals surface area contributed by atoms with Gasteiger partial charge < -0.3 is 9.15 Å². The molecule has 1 saturated heterocycles. The Hall–Kier alpha value is -2.32. The maximum atomic E-state index is 11.5. The van der Waals surface area contributed by atoms with Crippen molar-refractivity contribution in [3.8, 4) is 5.88 Å². The number of carbonyl (C=O) groups is 2. The number of imide groups is 1. The van der Waals surface area contributed by atoms with E-state index in [1.165, 1.54) is 18.4 Å². The number of ether oxygens (including phenoxy) is 1. The molecule has 0 unspecified atom stereocenters. The van der Waals surface area contributed by atoms with E-state index in [4.69, 9.17) is 20.8 Å². The number of nitrogens with one attached hydrogen (secondary N) is 1. The lowest BCUT2D eigenvalue weighted by molar-refractivity contribution is -0.115. The second-order valence-corrected chi connectivity index (χ2v) is 5.47. The molecule has 0 saturated carbocycles. The minimum absolute atomic E-state index is 0.0291.